The van der Waals surface area contributed by atoms with Crippen LogP contribution in [-0.2, 0) is 6.54 Å². The summed E-state index contributed by atoms with van der Waals surface area (Å²) in [6, 6.07) is 5.05. The summed E-state index contributed by atoms with van der Waals surface area (Å²) in [6.07, 6.45) is 4.52. The predicted molar refractivity (Wildman–Crippen MR) is 56.9 cm³/mol. The van der Waals surface area contributed by atoms with E-state index in [1.807, 2.05) is 0 Å². The number of furan rings is 1. The van der Waals surface area contributed by atoms with E-state index < -0.39 is 4.92 Å². The third-order valence-corrected chi connectivity index (χ3v) is 2.02. The fourth-order valence-electron chi connectivity index (χ4n) is 1.27. The van der Waals surface area contributed by atoms with Gasteiger partial charge in [0, 0.05) is 12.1 Å². The van der Waals surface area contributed by atoms with Crippen LogP contribution in [-0.4, -0.2) is 9.91 Å². The molecule has 0 aliphatic rings. The maximum absolute atomic E-state index is 10.7. The Kier molecular flexibility index (Phi) is 2.81. The minimum absolute atomic E-state index is 0.175. The van der Waals surface area contributed by atoms with Gasteiger partial charge in [-0.1, -0.05) is 0 Å². The highest BCUT2D eigenvalue weighted by Crippen LogP contribution is 2.20. The quantitative estimate of drug-likeness (QED) is 0.629. The largest absolute Gasteiger partial charge is 0.472 e. The highest BCUT2D eigenvalue weighted by Gasteiger charge is 2.13. The molecule has 0 unspecified atom stereocenters. The molecule has 6 nitrogen and oxygen atoms in total. The lowest BCUT2D eigenvalue weighted by molar-refractivity contribution is -0.388. The molecule has 16 heavy (non-hydrogen) atoms. The molecule has 1 N–H and O–H groups in total. The van der Waals surface area contributed by atoms with Crippen molar-refractivity contribution in [1.29, 1.82) is 0 Å². The van der Waals surface area contributed by atoms with E-state index in [-0.39, 0.29) is 5.82 Å². The molecule has 82 valence electrons. The third kappa shape index (κ3) is 2.17. The summed E-state index contributed by atoms with van der Waals surface area (Å²) in [5, 5.41) is 13.6. The molecular weight excluding hydrogens is 210 g/mol. The Hall–Kier alpha value is -2.37. The van der Waals surface area contributed by atoms with Crippen molar-refractivity contribution in [2.45, 2.75) is 6.54 Å². The Morgan fingerprint density at radius 3 is 3.06 bits per heavy atom. The van der Waals surface area contributed by atoms with Crippen molar-refractivity contribution >= 4 is 11.5 Å². The molecule has 0 aliphatic heterocycles. The first kappa shape index (κ1) is 10.2. The summed E-state index contributed by atoms with van der Waals surface area (Å²) in [6.45, 7) is 0.461. The lowest BCUT2D eigenvalue weighted by atomic mass is 10.3. The van der Waals surface area contributed by atoms with E-state index in [0.29, 0.717) is 12.2 Å². The van der Waals surface area contributed by atoms with Gasteiger partial charge in [-0.2, -0.15) is 0 Å². The van der Waals surface area contributed by atoms with E-state index in [0.717, 1.165) is 5.56 Å². The Balaban J connectivity index is 2.12. The van der Waals surface area contributed by atoms with Crippen LogP contribution in [0.25, 0.3) is 0 Å². The van der Waals surface area contributed by atoms with E-state index in [2.05, 4.69) is 10.3 Å². The van der Waals surface area contributed by atoms with Gasteiger partial charge >= 0.3 is 5.82 Å². The van der Waals surface area contributed by atoms with Gasteiger partial charge in [0.25, 0.3) is 0 Å². The van der Waals surface area contributed by atoms with Gasteiger partial charge in [0.1, 0.15) is 11.9 Å². The van der Waals surface area contributed by atoms with Crippen molar-refractivity contribution in [3.05, 3.63) is 52.6 Å². The summed E-state index contributed by atoms with van der Waals surface area (Å²) in [5.74, 6) is -0.175. The van der Waals surface area contributed by atoms with Crippen LogP contribution in [0.4, 0.5) is 11.5 Å². The standard InChI is InChI=1S/C10H9N3O3/c14-13(15)10-9(2-1-4-11-10)12-6-8-3-5-16-7-8/h1-5,7,12H,6H2. The lowest BCUT2D eigenvalue weighted by Gasteiger charge is -2.04. The van der Waals surface area contributed by atoms with Crippen LogP contribution >= 0.6 is 0 Å². The number of hydrogen-bond acceptors (Lipinski definition) is 5. The first-order valence-electron chi connectivity index (χ1n) is 4.62. The lowest BCUT2D eigenvalue weighted by Crippen LogP contribution is -2.03. The van der Waals surface area contributed by atoms with Crippen LogP contribution in [0.2, 0.25) is 0 Å². The Morgan fingerprint density at radius 2 is 2.38 bits per heavy atom. The summed E-state index contributed by atoms with van der Waals surface area (Å²) < 4.78 is 4.89. The molecular formula is C10H9N3O3. The average molecular weight is 219 g/mol. The second-order valence-electron chi connectivity index (χ2n) is 3.12. The Bertz CT molecular complexity index is 482. The number of nitrogens with zero attached hydrogens (tertiary/aromatic N) is 2. The maximum atomic E-state index is 10.7. The van der Waals surface area contributed by atoms with Crippen molar-refractivity contribution in [2.24, 2.45) is 0 Å². The third-order valence-electron chi connectivity index (χ3n) is 2.02. The van der Waals surface area contributed by atoms with E-state index in [9.17, 15) is 10.1 Å². The first-order valence-corrected chi connectivity index (χ1v) is 4.62. The number of nitro groups is 1. The van der Waals surface area contributed by atoms with Gasteiger partial charge in [0.05, 0.1) is 12.5 Å². The monoisotopic (exact) mass is 219 g/mol. The highest BCUT2D eigenvalue weighted by atomic mass is 16.6. The smallest absolute Gasteiger partial charge is 0.386 e. The molecule has 0 bridgehead atoms. The topological polar surface area (TPSA) is 81.2 Å². The zero-order valence-corrected chi connectivity index (χ0v) is 8.29. The summed E-state index contributed by atoms with van der Waals surface area (Å²) in [4.78, 5) is 13.8. The Morgan fingerprint density at radius 1 is 1.50 bits per heavy atom. The fraction of sp³-hybridized carbons (Fsp3) is 0.100. The predicted octanol–water partition coefficient (Wildman–Crippen LogP) is 2.19. The SMILES string of the molecule is O=[N+]([O-])c1ncccc1NCc1ccoc1. The van der Waals surface area contributed by atoms with Gasteiger partial charge in [0.15, 0.2) is 0 Å². The second kappa shape index (κ2) is 4.43. The zero-order chi connectivity index (χ0) is 11.4. The van der Waals surface area contributed by atoms with Gasteiger partial charge < -0.3 is 19.8 Å². The summed E-state index contributed by atoms with van der Waals surface area (Å²) >= 11 is 0. The number of pyridine rings is 1. The molecule has 2 aromatic heterocycles. The summed E-state index contributed by atoms with van der Waals surface area (Å²) in [5.41, 5.74) is 1.31. The van der Waals surface area contributed by atoms with Crippen molar-refractivity contribution < 1.29 is 9.34 Å². The van der Waals surface area contributed by atoms with Gasteiger partial charge in [0.2, 0.25) is 0 Å². The van der Waals surface area contributed by atoms with Crippen molar-refractivity contribution in [3.63, 3.8) is 0 Å². The molecule has 6 heteroatoms. The molecule has 2 heterocycles. The number of anilines is 1. The van der Waals surface area contributed by atoms with Crippen molar-refractivity contribution in [3.8, 4) is 0 Å². The molecule has 0 fully saturated rings. The maximum Gasteiger partial charge on any atom is 0.386 e. The molecule has 0 radical (unpaired) electrons. The molecule has 0 aliphatic carbocycles. The molecule has 0 atom stereocenters. The highest BCUT2D eigenvalue weighted by molar-refractivity contribution is 5.56. The van der Waals surface area contributed by atoms with E-state index >= 15 is 0 Å². The first-order chi connectivity index (χ1) is 7.77. The van der Waals surface area contributed by atoms with E-state index in [4.69, 9.17) is 4.42 Å². The fourth-order valence-corrected chi connectivity index (χ4v) is 1.27. The number of rotatable bonds is 4. The van der Waals surface area contributed by atoms with Crippen molar-refractivity contribution in [1.82, 2.24) is 4.98 Å². The van der Waals surface area contributed by atoms with Gasteiger partial charge in [-0.25, -0.2) is 0 Å². The molecule has 0 saturated carbocycles. The average Bonchev–Trinajstić information content (AvgIpc) is 2.79. The molecule has 0 aromatic carbocycles. The number of aromatic nitrogens is 1. The van der Waals surface area contributed by atoms with Crippen LogP contribution in [0, 0.1) is 10.1 Å². The number of hydrogen-bond donors (Lipinski definition) is 1. The molecule has 0 amide bonds. The van der Waals surface area contributed by atoms with Crippen LogP contribution in [0.1, 0.15) is 5.56 Å². The second-order valence-corrected chi connectivity index (χ2v) is 3.12. The Labute approximate surface area is 91.1 Å². The van der Waals surface area contributed by atoms with Gasteiger partial charge in [-0.15, -0.1) is 0 Å². The van der Waals surface area contributed by atoms with Crippen LogP contribution in [0.5, 0.6) is 0 Å². The normalized spacial score (nSPS) is 10.0. The van der Waals surface area contributed by atoms with Crippen molar-refractivity contribution in [2.75, 3.05) is 5.32 Å². The van der Waals surface area contributed by atoms with Crippen LogP contribution in [0.15, 0.2) is 41.3 Å². The molecule has 0 saturated heterocycles. The van der Waals surface area contributed by atoms with Gasteiger partial charge in [-0.3, -0.25) is 0 Å². The molecule has 2 rings (SSSR count). The molecule has 0 spiro atoms. The number of nitrogens with one attached hydrogen (secondary N) is 1. The van der Waals surface area contributed by atoms with E-state index in [1.54, 1.807) is 30.7 Å². The van der Waals surface area contributed by atoms with Crippen LogP contribution in [0.3, 0.4) is 0 Å². The zero-order valence-electron chi connectivity index (χ0n) is 8.29. The minimum Gasteiger partial charge on any atom is -0.472 e. The van der Waals surface area contributed by atoms with Gasteiger partial charge in [-0.05, 0) is 28.1 Å². The van der Waals surface area contributed by atoms with Crippen LogP contribution < -0.4 is 5.32 Å². The van der Waals surface area contributed by atoms with E-state index in [1.165, 1.54) is 6.20 Å². The summed E-state index contributed by atoms with van der Waals surface area (Å²) in [7, 11) is 0. The minimum atomic E-state index is -0.516. The molecule has 2 aromatic rings.